The summed E-state index contributed by atoms with van der Waals surface area (Å²) < 4.78 is 6.88. The lowest BCUT2D eigenvalue weighted by Gasteiger charge is -2.11. The third kappa shape index (κ3) is 3.96. The van der Waals surface area contributed by atoms with E-state index in [1.165, 1.54) is 3.57 Å². The van der Waals surface area contributed by atoms with Gasteiger partial charge in [0.25, 0.3) is 5.91 Å². The highest BCUT2D eigenvalue weighted by Crippen LogP contribution is 2.15. The van der Waals surface area contributed by atoms with Crippen LogP contribution in [0.5, 0.6) is 5.75 Å². The number of nitrogens with zero attached hydrogens (tertiary/aromatic N) is 1. The molecular formula is C16H16INO2. The van der Waals surface area contributed by atoms with Crippen molar-refractivity contribution < 1.29 is 9.53 Å². The first-order valence-electron chi connectivity index (χ1n) is 6.25. The summed E-state index contributed by atoms with van der Waals surface area (Å²) in [4.78, 5) is 13.3. The summed E-state index contributed by atoms with van der Waals surface area (Å²) in [5.74, 6) is 0.856. The molecule has 4 heteroatoms. The van der Waals surface area contributed by atoms with Crippen LogP contribution in [-0.4, -0.2) is 24.9 Å². The number of carbonyl (C=O) groups excluding carboxylic acids is 1. The molecule has 2 aromatic rings. The summed E-state index contributed by atoms with van der Waals surface area (Å²) in [6.07, 6.45) is 0. The summed E-state index contributed by atoms with van der Waals surface area (Å²) in [6, 6.07) is 15.4. The van der Waals surface area contributed by atoms with Crippen molar-refractivity contribution in [3.63, 3.8) is 0 Å². The van der Waals surface area contributed by atoms with Gasteiger partial charge in [0.1, 0.15) is 12.4 Å². The number of ether oxygens (including phenoxy) is 1. The Balaban J connectivity index is 1.97. The minimum Gasteiger partial charge on any atom is -0.489 e. The SMILES string of the molecule is CN(C)C(=O)c1ccc(COc2ccc(I)cc2)cc1. The zero-order chi connectivity index (χ0) is 14.5. The molecule has 0 aliphatic carbocycles. The molecule has 2 rings (SSSR count). The van der Waals surface area contributed by atoms with Crippen molar-refractivity contribution in [1.29, 1.82) is 0 Å². The highest BCUT2D eigenvalue weighted by atomic mass is 127. The molecule has 0 radical (unpaired) electrons. The molecule has 2 aromatic carbocycles. The summed E-state index contributed by atoms with van der Waals surface area (Å²) >= 11 is 2.26. The van der Waals surface area contributed by atoms with Crippen molar-refractivity contribution >= 4 is 28.5 Å². The third-order valence-electron chi connectivity index (χ3n) is 2.83. The molecule has 0 heterocycles. The molecule has 0 aliphatic heterocycles. The van der Waals surface area contributed by atoms with Crippen LogP contribution in [0.4, 0.5) is 0 Å². The molecule has 3 nitrogen and oxygen atoms in total. The number of amides is 1. The van der Waals surface area contributed by atoms with Crippen LogP contribution in [0.1, 0.15) is 15.9 Å². The smallest absolute Gasteiger partial charge is 0.253 e. The Kier molecular flexibility index (Phi) is 5.00. The van der Waals surface area contributed by atoms with Gasteiger partial charge in [0.2, 0.25) is 0 Å². The lowest BCUT2D eigenvalue weighted by molar-refractivity contribution is 0.0827. The van der Waals surface area contributed by atoms with Gasteiger partial charge in [-0.25, -0.2) is 0 Å². The Morgan fingerprint density at radius 2 is 1.65 bits per heavy atom. The van der Waals surface area contributed by atoms with Gasteiger partial charge in [0.15, 0.2) is 0 Å². The maximum absolute atomic E-state index is 11.8. The van der Waals surface area contributed by atoms with Crippen LogP contribution < -0.4 is 4.74 Å². The summed E-state index contributed by atoms with van der Waals surface area (Å²) in [5.41, 5.74) is 1.73. The van der Waals surface area contributed by atoms with Crippen molar-refractivity contribution in [2.75, 3.05) is 14.1 Å². The fraction of sp³-hybridized carbons (Fsp3) is 0.188. The number of carbonyl (C=O) groups is 1. The van der Waals surface area contributed by atoms with E-state index < -0.39 is 0 Å². The topological polar surface area (TPSA) is 29.5 Å². The summed E-state index contributed by atoms with van der Waals surface area (Å²) in [5, 5.41) is 0. The van der Waals surface area contributed by atoms with Crippen LogP contribution >= 0.6 is 22.6 Å². The van der Waals surface area contributed by atoms with Crippen LogP contribution in [0, 0.1) is 3.57 Å². The molecule has 0 aromatic heterocycles. The van der Waals surface area contributed by atoms with Crippen molar-refractivity contribution in [2.45, 2.75) is 6.61 Å². The van der Waals surface area contributed by atoms with Gasteiger partial charge in [-0.2, -0.15) is 0 Å². The molecule has 0 spiro atoms. The van der Waals surface area contributed by atoms with E-state index in [-0.39, 0.29) is 5.91 Å². The van der Waals surface area contributed by atoms with Crippen LogP contribution in [0.2, 0.25) is 0 Å². The average Bonchev–Trinajstić information content (AvgIpc) is 2.46. The van der Waals surface area contributed by atoms with Crippen LogP contribution in [0.15, 0.2) is 48.5 Å². The zero-order valence-corrected chi connectivity index (χ0v) is 13.6. The van der Waals surface area contributed by atoms with E-state index in [0.717, 1.165) is 11.3 Å². The van der Waals surface area contributed by atoms with Gasteiger partial charge < -0.3 is 9.64 Å². The van der Waals surface area contributed by atoms with E-state index >= 15 is 0 Å². The predicted octanol–water partition coefficient (Wildman–Crippen LogP) is 3.57. The molecule has 0 saturated carbocycles. The molecule has 0 aliphatic rings. The van der Waals surface area contributed by atoms with Gasteiger partial charge in [0.05, 0.1) is 0 Å². The van der Waals surface area contributed by atoms with Gasteiger partial charge in [-0.15, -0.1) is 0 Å². The van der Waals surface area contributed by atoms with Crippen LogP contribution in [0.3, 0.4) is 0 Å². The molecule has 0 bridgehead atoms. The number of halogens is 1. The van der Waals surface area contributed by atoms with E-state index in [2.05, 4.69) is 22.6 Å². The Hall–Kier alpha value is -1.56. The van der Waals surface area contributed by atoms with E-state index in [1.54, 1.807) is 19.0 Å². The molecule has 0 unspecified atom stereocenters. The molecule has 0 atom stereocenters. The second-order valence-electron chi connectivity index (χ2n) is 4.64. The predicted molar refractivity (Wildman–Crippen MR) is 88.0 cm³/mol. The number of benzene rings is 2. The van der Waals surface area contributed by atoms with E-state index in [4.69, 9.17) is 4.74 Å². The van der Waals surface area contributed by atoms with Gasteiger partial charge in [-0.05, 0) is 64.6 Å². The van der Waals surface area contributed by atoms with Gasteiger partial charge >= 0.3 is 0 Å². The molecule has 104 valence electrons. The number of hydrogen-bond acceptors (Lipinski definition) is 2. The van der Waals surface area contributed by atoms with Gasteiger partial charge in [-0.1, -0.05) is 12.1 Å². The normalized spacial score (nSPS) is 10.2. The molecule has 0 N–H and O–H groups in total. The first-order valence-corrected chi connectivity index (χ1v) is 7.33. The lowest BCUT2D eigenvalue weighted by Crippen LogP contribution is -2.21. The monoisotopic (exact) mass is 381 g/mol. The minimum absolute atomic E-state index is 0.00935. The molecule has 1 amide bonds. The number of rotatable bonds is 4. The van der Waals surface area contributed by atoms with Crippen molar-refractivity contribution in [3.8, 4) is 5.75 Å². The highest BCUT2D eigenvalue weighted by molar-refractivity contribution is 14.1. The third-order valence-corrected chi connectivity index (χ3v) is 3.55. The molecule has 0 saturated heterocycles. The summed E-state index contributed by atoms with van der Waals surface area (Å²) in [7, 11) is 3.49. The molecule has 20 heavy (non-hydrogen) atoms. The Bertz CT molecular complexity index is 576. The molecular weight excluding hydrogens is 365 g/mol. The fourth-order valence-electron chi connectivity index (χ4n) is 1.70. The maximum Gasteiger partial charge on any atom is 0.253 e. The van der Waals surface area contributed by atoms with Crippen molar-refractivity contribution in [3.05, 3.63) is 63.2 Å². The van der Waals surface area contributed by atoms with E-state index in [9.17, 15) is 4.79 Å². The van der Waals surface area contributed by atoms with Crippen LogP contribution in [-0.2, 0) is 6.61 Å². The Labute approximate surface area is 132 Å². The van der Waals surface area contributed by atoms with E-state index in [1.807, 2.05) is 48.5 Å². The first-order chi connectivity index (χ1) is 9.56. The number of hydrogen-bond donors (Lipinski definition) is 0. The van der Waals surface area contributed by atoms with Gasteiger partial charge in [-0.3, -0.25) is 4.79 Å². The maximum atomic E-state index is 11.8. The fourth-order valence-corrected chi connectivity index (χ4v) is 2.06. The van der Waals surface area contributed by atoms with Gasteiger partial charge in [0, 0.05) is 23.2 Å². The second-order valence-corrected chi connectivity index (χ2v) is 5.88. The van der Waals surface area contributed by atoms with Crippen LogP contribution in [0.25, 0.3) is 0 Å². The highest BCUT2D eigenvalue weighted by Gasteiger charge is 2.07. The first kappa shape index (κ1) is 14.8. The van der Waals surface area contributed by atoms with E-state index in [0.29, 0.717) is 12.2 Å². The Morgan fingerprint density at radius 1 is 1.05 bits per heavy atom. The zero-order valence-electron chi connectivity index (χ0n) is 11.5. The standard InChI is InChI=1S/C16H16INO2/c1-18(2)16(19)13-5-3-12(4-6-13)11-20-15-9-7-14(17)8-10-15/h3-10H,11H2,1-2H3. The van der Waals surface area contributed by atoms with Crippen molar-refractivity contribution in [2.24, 2.45) is 0 Å². The average molecular weight is 381 g/mol. The minimum atomic E-state index is 0.00935. The van der Waals surface area contributed by atoms with Crippen molar-refractivity contribution in [1.82, 2.24) is 4.90 Å². The molecule has 0 fully saturated rings. The quantitative estimate of drug-likeness (QED) is 0.758. The lowest BCUT2D eigenvalue weighted by atomic mass is 10.1. The second kappa shape index (κ2) is 6.74. The largest absolute Gasteiger partial charge is 0.489 e. The Morgan fingerprint density at radius 3 is 2.20 bits per heavy atom. The summed E-state index contributed by atoms with van der Waals surface area (Å²) in [6.45, 7) is 0.497.